The van der Waals surface area contributed by atoms with Gasteiger partial charge in [0.1, 0.15) is 6.04 Å². The highest BCUT2D eigenvalue weighted by atomic mass is 32.1. The molecule has 1 aliphatic carbocycles. The maximum absolute atomic E-state index is 13.9. The zero-order chi connectivity index (χ0) is 24.0. The predicted octanol–water partition coefficient (Wildman–Crippen LogP) is 6.13. The Morgan fingerprint density at radius 3 is 2.57 bits per heavy atom. The second-order valence-electron chi connectivity index (χ2n) is 9.10. The van der Waals surface area contributed by atoms with E-state index >= 15 is 0 Å². The molecule has 35 heavy (non-hydrogen) atoms. The van der Waals surface area contributed by atoms with Crippen molar-refractivity contribution in [2.24, 2.45) is 0 Å². The summed E-state index contributed by atoms with van der Waals surface area (Å²) in [4.78, 5) is 34.5. The summed E-state index contributed by atoms with van der Waals surface area (Å²) < 4.78 is 0. The van der Waals surface area contributed by atoms with Crippen LogP contribution in [0.25, 0.3) is 10.9 Å². The Labute approximate surface area is 209 Å². The van der Waals surface area contributed by atoms with Gasteiger partial charge in [-0.3, -0.25) is 14.6 Å². The number of hydrogen-bond donors (Lipinski definition) is 1. The zero-order valence-corrected chi connectivity index (χ0v) is 20.4. The predicted molar refractivity (Wildman–Crippen MR) is 140 cm³/mol. The third-order valence-corrected chi connectivity index (χ3v) is 7.50. The maximum atomic E-state index is 13.9. The highest BCUT2D eigenvalue weighted by molar-refractivity contribution is 7.12. The first-order valence-electron chi connectivity index (χ1n) is 12.2. The highest BCUT2D eigenvalue weighted by Crippen LogP contribution is 2.30. The molecule has 1 fully saturated rings. The molecule has 2 aromatic heterocycles. The van der Waals surface area contributed by atoms with Crippen molar-refractivity contribution in [1.29, 1.82) is 0 Å². The summed E-state index contributed by atoms with van der Waals surface area (Å²) >= 11 is 1.40. The minimum atomic E-state index is -0.753. The van der Waals surface area contributed by atoms with Crippen LogP contribution in [0, 0.1) is 0 Å². The van der Waals surface area contributed by atoms with Crippen molar-refractivity contribution in [1.82, 2.24) is 15.2 Å². The minimum Gasteiger partial charge on any atom is -0.351 e. The number of carbonyl (C=O) groups excluding carboxylic acids is 2. The molecule has 2 amide bonds. The molecule has 1 atom stereocenters. The van der Waals surface area contributed by atoms with Gasteiger partial charge in [-0.15, -0.1) is 11.3 Å². The molecule has 0 saturated heterocycles. The van der Waals surface area contributed by atoms with E-state index in [-0.39, 0.29) is 17.9 Å². The fourth-order valence-electron chi connectivity index (χ4n) is 4.87. The Morgan fingerprint density at radius 1 is 0.971 bits per heavy atom. The van der Waals surface area contributed by atoms with Crippen LogP contribution in [0.3, 0.4) is 0 Å². The van der Waals surface area contributed by atoms with Gasteiger partial charge in [0.25, 0.3) is 5.91 Å². The number of nitrogens with zero attached hydrogens (tertiary/aromatic N) is 2. The number of fused-ring (bicyclic) bond motifs is 1. The smallest absolute Gasteiger partial charge is 0.265 e. The van der Waals surface area contributed by atoms with Crippen molar-refractivity contribution < 1.29 is 9.59 Å². The molecule has 5 rings (SSSR count). The Bertz CT molecular complexity index is 1280. The van der Waals surface area contributed by atoms with Crippen LogP contribution >= 0.6 is 11.3 Å². The molecular weight excluding hydrogens is 454 g/mol. The van der Waals surface area contributed by atoms with Crippen LogP contribution in [0.1, 0.15) is 58.9 Å². The number of rotatable bonds is 7. The lowest BCUT2D eigenvalue weighted by molar-refractivity contribution is -0.127. The summed E-state index contributed by atoms with van der Waals surface area (Å²) in [6.45, 7) is 0.339. The molecule has 6 heteroatoms. The second-order valence-corrected chi connectivity index (χ2v) is 10.0. The van der Waals surface area contributed by atoms with E-state index in [1.54, 1.807) is 11.1 Å². The number of thiophene rings is 1. The SMILES string of the molecule is O=C(NC1CCCCC1)C(c1ccc2ncccc2c1)N(Cc1ccccc1)C(=O)c1cccs1. The molecule has 0 aliphatic heterocycles. The third-order valence-electron chi connectivity index (χ3n) is 6.64. The van der Waals surface area contributed by atoms with Gasteiger partial charge in [-0.2, -0.15) is 0 Å². The molecule has 0 radical (unpaired) electrons. The number of pyridine rings is 1. The summed E-state index contributed by atoms with van der Waals surface area (Å²) in [7, 11) is 0. The van der Waals surface area contributed by atoms with Gasteiger partial charge >= 0.3 is 0 Å². The molecule has 0 spiro atoms. The van der Waals surface area contributed by atoms with Crippen molar-refractivity contribution in [3.63, 3.8) is 0 Å². The van der Waals surface area contributed by atoms with Crippen molar-refractivity contribution in [2.45, 2.75) is 50.7 Å². The first-order valence-corrected chi connectivity index (χ1v) is 13.1. The molecule has 1 unspecified atom stereocenters. The van der Waals surface area contributed by atoms with Gasteiger partial charge in [0, 0.05) is 24.2 Å². The minimum absolute atomic E-state index is 0.124. The Balaban J connectivity index is 1.57. The van der Waals surface area contributed by atoms with Crippen molar-refractivity contribution in [3.05, 3.63) is 100 Å². The Hall–Kier alpha value is -3.51. The topological polar surface area (TPSA) is 62.3 Å². The van der Waals surface area contributed by atoms with Gasteiger partial charge in [-0.25, -0.2) is 0 Å². The number of nitrogens with one attached hydrogen (secondary N) is 1. The molecule has 0 bridgehead atoms. The van der Waals surface area contributed by atoms with E-state index < -0.39 is 6.04 Å². The molecule has 2 aromatic carbocycles. The van der Waals surface area contributed by atoms with Gasteiger partial charge in [0.15, 0.2) is 0 Å². The average Bonchev–Trinajstić information content (AvgIpc) is 3.44. The molecule has 1 saturated carbocycles. The van der Waals surface area contributed by atoms with Crippen molar-refractivity contribution in [3.8, 4) is 0 Å². The summed E-state index contributed by atoms with van der Waals surface area (Å²) in [5.41, 5.74) is 2.64. The van der Waals surface area contributed by atoms with Gasteiger partial charge in [-0.1, -0.05) is 67.8 Å². The summed E-state index contributed by atoms with van der Waals surface area (Å²) in [6.07, 6.45) is 7.19. The Morgan fingerprint density at radius 2 is 1.80 bits per heavy atom. The van der Waals surface area contributed by atoms with E-state index in [2.05, 4.69) is 10.3 Å². The van der Waals surface area contributed by atoms with E-state index in [0.29, 0.717) is 11.4 Å². The molecule has 178 valence electrons. The van der Waals surface area contributed by atoms with E-state index in [9.17, 15) is 9.59 Å². The van der Waals surface area contributed by atoms with Gasteiger partial charge < -0.3 is 10.2 Å². The maximum Gasteiger partial charge on any atom is 0.265 e. The van der Waals surface area contributed by atoms with E-state index in [1.807, 2.05) is 78.2 Å². The first kappa shape index (κ1) is 23.2. The largest absolute Gasteiger partial charge is 0.351 e. The van der Waals surface area contributed by atoms with E-state index in [4.69, 9.17) is 0 Å². The molecular formula is C29H29N3O2S. The highest BCUT2D eigenvalue weighted by Gasteiger charge is 2.34. The lowest BCUT2D eigenvalue weighted by atomic mass is 9.94. The van der Waals surface area contributed by atoms with Crippen LogP contribution in [0.15, 0.2) is 84.4 Å². The monoisotopic (exact) mass is 483 g/mol. The van der Waals surface area contributed by atoms with Gasteiger partial charge in [0.2, 0.25) is 5.91 Å². The quantitative estimate of drug-likeness (QED) is 0.344. The average molecular weight is 484 g/mol. The van der Waals surface area contributed by atoms with Crippen molar-refractivity contribution in [2.75, 3.05) is 0 Å². The number of carbonyl (C=O) groups is 2. The molecule has 4 aromatic rings. The Kier molecular flexibility index (Phi) is 7.19. The van der Waals surface area contributed by atoms with Crippen LogP contribution in [-0.4, -0.2) is 27.7 Å². The lowest BCUT2D eigenvalue weighted by Gasteiger charge is -2.33. The van der Waals surface area contributed by atoms with E-state index in [1.165, 1.54) is 17.8 Å². The van der Waals surface area contributed by atoms with Crippen LogP contribution in [0.5, 0.6) is 0 Å². The first-order chi connectivity index (χ1) is 17.2. The second kappa shape index (κ2) is 10.8. The normalized spacial score (nSPS) is 15.0. The fourth-order valence-corrected chi connectivity index (χ4v) is 5.55. The van der Waals surface area contributed by atoms with Gasteiger partial charge in [0.05, 0.1) is 10.4 Å². The molecule has 5 nitrogen and oxygen atoms in total. The summed E-state index contributed by atoms with van der Waals surface area (Å²) in [5.74, 6) is -0.264. The number of aromatic nitrogens is 1. The molecule has 2 heterocycles. The number of amides is 2. The fraction of sp³-hybridized carbons (Fsp3) is 0.276. The van der Waals surface area contributed by atoms with Crippen LogP contribution in [0.2, 0.25) is 0 Å². The zero-order valence-electron chi connectivity index (χ0n) is 19.6. The van der Waals surface area contributed by atoms with Crippen LogP contribution in [0.4, 0.5) is 0 Å². The number of hydrogen-bond acceptors (Lipinski definition) is 4. The van der Waals surface area contributed by atoms with Gasteiger partial charge in [-0.05, 0) is 53.6 Å². The lowest BCUT2D eigenvalue weighted by Crippen LogP contribution is -2.46. The third kappa shape index (κ3) is 5.43. The summed E-state index contributed by atoms with van der Waals surface area (Å²) in [6, 6.07) is 22.7. The van der Waals surface area contributed by atoms with Crippen LogP contribution < -0.4 is 5.32 Å². The van der Waals surface area contributed by atoms with E-state index in [0.717, 1.165) is 47.7 Å². The molecule has 1 N–H and O–H groups in total. The standard InChI is InChI=1S/C29H29N3O2S/c33-28(31-24-12-5-2-6-13-24)27(23-15-16-25-22(19-23)11-7-17-30-25)32(20-21-9-3-1-4-10-21)29(34)26-14-8-18-35-26/h1,3-4,7-11,14-19,24,27H,2,5-6,12-13,20H2,(H,31,33). The molecule has 1 aliphatic rings. The van der Waals surface area contributed by atoms with Crippen molar-refractivity contribution >= 4 is 34.1 Å². The number of benzene rings is 2. The van der Waals surface area contributed by atoms with Crippen LogP contribution in [-0.2, 0) is 11.3 Å². The summed E-state index contributed by atoms with van der Waals surface area (Å²) in [5, 5.41) is 6.13.